The van der Waals surface area contributed by atoms with Gasteiger partial charge in [-0.25, -0.2) is 4.39 Å². The fourth-order valence-corrected chi connectivity index (χ4v) is 2.93. The topological polar surface area (TPSA) is 59.4 Å². The summed E-state index contributed by atoms with van der Waals surface area (Å²) >= 11 is 0. The number of carbonyl (C=O) groups is 1. The molecule has 24 heavy (non-hydrogen) atoms. The van der Waals surface area contributed by atoms with E-state index in [4.69, 9.17) is 4.74 Å². The van der Waals surface area contributed by atoms with Crippen molar-refractivity contribution in [3.05, 3.63) is 42.0 Å². The average Bonchev–Trinajstić information content (AvgIpc) is 3.18. The molecular weight excluding hydrogens is 311 g/mol. The maximum Gasteiger partial charge on any atom is 0.255 e. The van der Waals surface area contributed by atoms with Gasteiger partial charge in [0.05, 0.1) is 24.1 Å². The first-order valence-electron chi connectivity index (χ1n) is 8.04. The largest absolute Gasteiger partial charge is 0.490 e. The third kappa shape index (κ3) is 3.34. The Hall–Kier alpha value is -2.57. The Morgan fingerprint density at radius 2 is 2.33 bits per heavy atom. The van der Waals surface area contributed by atoms with Gasteiger partial charge in [0.1, 0.15) is 0 Å². The number of carbonyl (C=O) groups excluding carboxylic acids is 1. The third-order valence-corrected chi connectivity index (χ3v) is 4.08. The molecule has 0 spiro atoms. The van der Waals surface area contributed by atoms with Gasteiger partial charge in [0.2, 0.25) is 0 Å². The number of hydrogen-bond acceptors (Lipinski definition) is 4. The van der Waals surface area contributed by atoms with E-state index in [0.29, 0.717) is 13.2 Å². The van der Waals surface area contributed by atoms with Gasteiger partial charge in [-0.05, 0) is 25.5 Å². The molecule has 2 heterocycles. The summed E-state index contributed by atoms with van der Waals surface area (Å²) in [6.07, 6.45) is 4.59. The minimum Gasteiger partial charge on any atom is -0.490 e. The van der Waals surface area contributed by atoms with Crippen LogP contribution in [0.4, 0.5) is 10.1 Å². The van der Waals surface area contributed by atoms with Crippen LogP contribution in [-0.2, 0) is 7.05 Å². The van der Waals surface area contributed by atoms with Gasteiger partial charge in [-0.15, -0.1) is 0 Å². The van der Waals surface area contributed by atoms with E-state index >= 15 is 0 Å². The maximum atomic E-state index is 13.9. The molecule has 1 unspecified atom stereocenters. The van der Waals surface area contributed by atoms with Crippen molar-refractivity contribution in [1.29, 1.82) is 0 Å². The second kappa shape index (κ2) is 6.90. The molecule has 2 aromatic rings. The summed E-state index contributed by atoms with van der Waals surface area (Å²) < 4.78 is 20.9. The summed E-state index contributed by atoms with van der Waals surface area (Å²) in [4.78, 5) is 14.7. The smallest absolute Gasteiger partial charge is 0.255 e. The van der Waals surface area contributed by atoms with E-state index in [2.05, 4.69) is 15.3 Å². The third-order valence-electron chi connectivity index (χ3n) is 4.08. The molecule has 1 aliphatic rings. The predicted molar refractivity (Wildman–Crippen MR) is 88.9 cm³/mol. The van der Waals surface area contributed by atoms with Crippen molar-refractivity contribution in [3.63, 3.8) is 0 Å². The van der Waals surface area contributed by atoms with E-state index in [1.165, 1.54) is 12.1 Å². The number of rotatable bonds is 5. The summed E-state index contributed by atoms with van der Waals surface area (Å²) in [5.74, 6) is -0.816. The lowest BCUT2D eigenvalue weighted by atomic mass is 10.1. The number of benzene rings is 1. The molecule has 128 valence electrons. The number of ether oxygens (including phenoxy) is 1. The molecular formula is C17H21FN4O2. The van der Waals surface area contributed by atoms with Crippen LogP contribution in [0.5, 0.6) is 5.75 Å². The Balaban J connectivity index is 1.67. The van der Waals surface area contributed by atoms with Crippen LogP contribution in [-0.4, -0.2) is 41.4 Å². The van der Waals surface area contributed by atoms with Crippen LogP contribution in [0, 0.1) is 5.82 Å². The van der Waals surface area contributed by atoms with E-state index in [1.807, 2.05) is 19.4 Å². The summed E-state index contributed by atoms with van der Waals surface area (Å²) in [6.45, 7) is 3.62. The molecule has 6 nitrogen and oxygen atoms in total. The molecule has 1 aromatic carbocycles. The first-order chi connectivity index (χ1) is 11.6. The van der Waals surface area contributed by atoms with Gasteiger partial charge in [0.25, 0.3) is 5.91 Å². The van der Waals surface area contributed by atoms with Crippen molar-refractivity contribution in [2.75, 3.05) is 24.6 Å². The molecule has 1 saturated heterocycles. The van der Waals surface area contributed by atoms with Gasteiger partial charge in [-0.2, -0.15) is 5.10 Å². The molecule has 1 N–H and O–H groups in total. The number of aromatic nitrogens is 2. The lowest BCUT2D eigenvalue weighted by molar-refractivity contribution is 0.0935. The fraction of sp³-hybridized carbons (Fsp3) is 0.412. The van der Waals surface area contributed by atoms with Crippen LogP contribution in [0.1, 0.15) is 23.7 Å². The van der Waals surface area contributed by atoms with Gasteiger partial charge in [-0.1, -0.05) is 6.07 Å². The Morgan fingerprint density at radius 1 is 1.50 bits per heavy atom. The number of nitrogens with zero attached hydrogens (tertiary/aromatic N) is 3. The lowest BCUT2D eigenvalue weighted by Crippen LogP contribution is -2.37. The first kappa shape index (κ1) is 16.3. The number of hydrogen-bond donors (Lipinski definition) is 1. The summed E-state index contributed by atoms with van der Waals surface area (Å²) in [5, 5.41) is 7.14. The molecule has 1 aromatic heterocycles. The molecule has 3 rings (SSSR count). The van der Waals surface area contributed by atoms with E-state index in [9.17, 15) is 9.18 Å². The zero-order valence-corrected chi connectivity index (χ0v) is 13.8. The number of amides is 1. The summed E-state index contributed by atoms with van der Waals surface area (Å²) in [7, 11) is 1.87. The molecule has 7 heteroatoms. The highest BCUT2D eigenvalue weighted by atomic mass is 19.1. The van der Waals surface area contributed by atoms with Crippen LogP contribution < -0.4 is 15.0 Å². The summed E-state index contributed by atoms with van der Waals surface area (Å²) in [6, 6.07) is 4.40. The number of aryl methyl sites for hydroxylation is 1. The minimum atomic E-state index is -0.520. The molecule has 1 aliphatic heterocycles. The molecule has 1 amide bonds. The van der Waals surface area contributed by atoms with Gasteiger partial charge >= 0.3 is 0 Å². The highest BCUT2D eigenvalue weighted by molar-refractivity contribution is 5.97. The second-order valence-corrected chi connectivity index (χ2v) is 5.83. The quantitative estimate of drug-likeness (QED) is 0.909. The van der Waals surface area contributed by atoms with Crippen LogP contribution in [0.3, 0.4) is 0 Å². The SMILES string of the molecule is CCOc1c(F)cccc1C(=O)NC1CCN(c2cnn(C)c2)C1. The van der Waals surface area contributed by atoms with Crippen molar-refractivity contribution in [1.82, 2.24) is 15.1 Å². The number of halogens is 1. The minimum absolute atomic E-state index is 0.00968. The molecule has 1 atom stereocenters. The number of para-hydroxylation sites is 1. The second-order valence-electron chi connectivity index (χ2n) is 5.83. The van der Waals surface area contributed by atoms with Crippen LogP contribution in [0.2, 0.25) is 0 Å². The standard InChI is InChI=1S/C17H21FN4O2/c1-3-24-16-14(5-4-6-15(16)18)17(23)20-12-7-8-22(10-12)13-9-19-21(2)11-13/h4-6,9,11-12H,3,7-8,10H2,1-2H3,(H,20,23). The van der Waals surface area contributed by atoms with Crippen molar-refractivity contribution in [2.45, 2.75) is 19.4 Å². The van der Waals surface area contributed by atoms with Crippen molar-refractivity contribution in [2.24, 2.45) is 7.05 Å². The Morgan fingerprint density at radius 3 is 3.04 bits per heavy atom. The lowest BCUT2D eigenvalue weighted by Gasteiger charge is -2.17. The highest BCUT2D eigenvalue weighted by Gasteiger charge is 2.26. The normalized spacial score (nSPS) is 17.1. The van der Waals surface area contributed by atoms with E-state index in [0.717, 1.165) is 18.7 Å². The maximum absolute atomic E-state index is 13.9. The number of nitrogens with one attached hydrogen (secondary N) is 1. The summed E-state index contributed by atoms with van der Waals surface area (Å²) in [5.41, 5.74) is 1.27. The molecule has 1 fully saturated rings. The fourth-order valence-electron chi connectivity index (χ4n) is 2.93. The molecule has 0 aliphatic carbocycles. The zero-order valence-electron chi connectivity index (χ0n) is 13.8. The van der Waals surface area contributed by atoms with Gasteiger partial charge < -0.3 is 15.0 Å². The highest BCUT2D eigenvalue weighted by Crippen LogP contribution is 2.24. The zero-order chi connectivity index (χ0) is 17.1. The van der Waals surface area contributed by atoms with E-state index in [1.54, 1.807) is 17.7 Å². The first-order valence-corrected chi connectivity index (χ1v) is 8.04. The average molecular weight is 332 g/mol. The molecule has 0 bridgehead atoms. The van der Waals surface area contributed by atoms with Crippen molar-refractivity contribution < 1.29 is 13.9 Å². The van der Waals surface area contributed by atoms with Gasteiger partial charge in [0, 0.05) is 32.4 Å². The predicted octanol–water partition coefficient (Wildman–Crippen LogP) is 1.97. The molecule has 0 radical (unpaired) electrons. The molecule has 0 saturated carbocycles. The van der Waals surface area contributed by atoms with Crippen molar-refractivity contribution >= 4 is 11.6 Å². The van der Waals surface area contributed by atoms with Crippen molar-refractivity contribution in [3.8, 4) is 5.75 Å². The number of anilines is 1. The Kier molecular flexibility index (Phi) is 4.69. The van der Waals surface area contributed by atoms with Crippen LogP contribution in [0.25, 0.3) is 0 Å². The van der Waals surface area contributed by atoms with Crippen LogP contribution in [0.15, 0.2) is 30.6 Å². The monoisotopic (exact) mass is 332 g/mol. The Labute approximate surface area is 140 Å². The van der Waals surface area contributed by atoms with Gasteiger partial charge in [-0.3, -0.25) is 9.48 Å². The van der Waals surface area contributed by atoms with Crippen LogP contribution >= 0.6 is 0 Å². The Bertz CT molecular complexity index is 731. The van der Waals surface area contributed by atoms with Gasteiger partial charge in [0.15, 0.2) is 11.6 Å². The van der Waals surface area contributed by atoms with E-state index < -0.39 is 5.82 Å². The van der Waals surface area contributed by atoms with E-state index in [-0.39, 0.29) is 23.3 Å².